The smallest absolute Gasteiger partial charge is 0.325 e. The second-order valence-electron chi connectivity index (χ2n) is 5.35. The standard InChI is InChI=1S/C12H20F2N4O5/c1-6-9(11(22)10(21)7(5-19)23-6)16-8(20)3-2-4-12(13,14)17-18-15/h6-7,9-11,19,21-22H,2-5H2,1H3,(H,16,20)/t6-,7?,9?,10+,11-/m1/s1. The molecule has 0 saturated carbocycles. The fourth-order valence-corrected chi connectivity index (χ4v) is 2.34. The molecule has 5 atom stereocenters. The average Bonchev–Trinajstić information content (AvgIpc) is 2.47. The number of aliphatic hydroxyl groups is 3. The second kappa shape index (κ2) is 8.37. The van der Waals surface area contributed by atoms with E-state index in [1.807, 2.05) is 4.91 Å². The van der Waals surface area contributed by atoms with Crippen LogP contribution in [-0.2, 0) is 9.53 Å². The first kappa shape index (κ1) is 19.5. The normalized spacial score (nSPS) is 31.3. The van der Waals surface area contributed by atoms with Crippen molar-refractivity contribution >= 4 is 5.91 Å². The van der Waals surface area contributed by atoms with Gasteiger partial charge < -0.3 is 25.4 Å². The van der Waals surface area contributed by atoms with Crippen molar-refractivity contribution in [2.45, 2.75) is 62.7 Å². The summed E-state index contributed by atoms with van der Waals surface area (Å²) in [5.74, 6) is -0.615. The van der Waals surface area contributed by atoms with Gasteiger partial charge in [0.1, 0.15) is 18.3 Å². The number of azide groups is 1. The van der Waals surface area contributed by atoms with Crippen LogP contribution in [0.1, 0.15) is 26.2 Å². The molecule has 9 nitrogen and oxygen atoms in total. The topological polar surface area (TPSA) is 148 Å². The summed E-state index contributed by atoms with van der Waals surface area (Å²) >= 11 is 0. The third-order valence-electron chi connectivity index (χ3n) is 3.57. The van der Waals surface area contributed by atoms with Crippen LogP contribution in [-0.4, -0.2) is 64.3 Å². The molecule has 0 aromatic heterocycles. The first-order chi connectivity index (χ1) is 10.7. The van der Waals surface area contributed by atoms with Crippen LogP contribution in [0.4, 0.5) is 8.78 Å². The number of hydrogen-bond acceptors (Lipinski definition) is 6. The average molecular weight is 338 g/mol. The van der Waals surface area contributed by atoms with E-state index in [0.29, 0.717) is 0 Å². The molecule has 2 unspecified atom stereocenters. The van der Waals surface area contributed by atoms with Gasteiger partial charge in [-0.2, -0.15) is 0 Å². The first-order valence-electron chi connectivity index (χ1n) is 7.07. The Labute approximate surface area is 130 Å². The summed E-state index contributed by atoms with van der Waals surface area (Å²) in [5, 5.41) is 33.4. The molecular formula is C12H20F2N4O5. The number of alkyl halides is 2. The molecule has 0 bridgehead atoms. The molecule has 1 aliphatic rings. The molecule has 132 valence electrons. The van der Waals surface area contributed by atoms with Gasteiger partial charge in [-0.05, 0) is 24.0 Å². The van der Waals surface area contributed by atoms with E-state index >= 15 is 0 Å². The van der Waals surface area contributed by atoms with Gasteiger partial charge in [-0.25, -0.2) is 8.78 Å². The van der Waals surface area contributed by atoms with Gasteiger partial charge in [0.2, 0.25) is 5.91 Å². The van der Waals surface area contributed by atoms with E-state index in [1.54, 1.807) is 6.92 Å². The summed E-state index contributed by atoms with van der Waals surface area (Å²) in [6.45, 7) is 1.05. The Hall–Kier alpha value is -1.52. The Morgan fingerprint density at radius 2 is 2.09 bits per heavy atom. The third-order valence-corrected chi connectivity index (χ3v) is 3.57. The fourth-order valence-electron chi connectivity index (χ4n) is 2.34. The van der Waals surface area contributed by atoms with Crippen molar-refractivity contribution < 1.29 is 33.6 Å². The van der Waals surface area contributed by atoms with Gasteiger partial charge in [-0.15, -0.1) is 0 Å². The summed E-state index contributed by atoms with van der Waals surface area (Å²) in [4.78, 5) is 13.8. The number of hydrogen-bond donors (Lipinski definition) is 4. The van der Waals surface area contributed by atoms with E-state index in [-0.39, 0.29) is 12.8 Å². The number of aliphatic hydroxyl groups excluding tert-OH is 3. The molecule has 1 amide bonds. The Bertz CT molecular complexity index is 461. The van der Waals surface area contributed by atoms with Crippen molar-refractivity contribution in [2.75, 3.05) is 6.61 Å². The Morgan fingerprint density at radius 1 is 1.43 bits per heavy atom. The highest BCUT2D eigenvalue weighted by Gasteiger charge is 2.42. The van der Waals surface area contributed by atoms with Crippen LogP contribution >= 0.6 is 0 Å². The number of carbonyl (C=O) groups is 1. The molecule has 23 heavy (non-hydrogen) atoms. The lowest BCUT2D eigenvalue weighted by Gasteiger charge is -2.41. The summed E-state index contributed by atoms with van der Waals surface area (Å²) in [5.41, 5.74) is 7.97. The zero-order chi connectivity index (χ0) is 17.6. The number of ether oxygens (including phenoxy) is 1. The van der Waals surface area contributed by atoms with Crippen LogP contribution in [0, 0.1) is 0 Å². The number of amides is 1. The van der Waals surface area contributed by atoms with E-state index in [2.05, 4.69) is 10.4 Å². The molecule has 1 aliphatic heterocycles. The van der Waals surface area contributed by atoms with Crippen LogP contribution in [0.3, 0.4) is 0 Å². The Kier molecular flexibility index (Phi) is 7.10. The van der Waals surface area contributed by atoms with Crippen LogP contribution in [0.15, 0.2) is 5.11 Å². The van der Waals surface area contributed by atoms with Crippen LogP contribution < -0.4 is 5.32 Å². The molecule has 0 spiro atoms. The number of nitrogens with zero attached hydrogens (tertiary/aromatic N) is 3. The highest BCUT2D eigenvalue weighted by Crippen LogP contribution is 2.24. The van der Waals surface area contributed by atoms with Gasteiger partial charge >= 0.3 is 6.05 Å². The monoisotopic (exact) mass is 338 g/mol. The van der Waals surface area contributed by atoms with Crippen LogP contribution in [0.2, 0.25) is 0 Å². The molecule has 0 radical (unpaired) electrons. The molecule has 4 N–H and O–H groups in total. The van der Waals surface area contributed by atoms with Crippen molar-refractivity contribution in [3.05, 3.63) is 10.4 Å². The molecule has 1 saturated heterocycles. The molecule has 11 heteroatoms. The SMILES string of the molecule is C[C@H]1OC(CO)[C@H](O)[C@H](O)C1NC(=O)CCCC(F)(F)N=[N+]=[N-]. The summed E-state index contributed by atoms with van der Waals surface area (Å²) < 4.78 is 31.1. The minimum Gasteiger partial charge on any atom is -0.394 e. The zero-order valence-electron chi connectivity index (χ0n) is 12.5. The van der Waals surface area contributed by atoms with Crippen molar-refractivity contribution in [3.63, 3.8) is 0 Å². The fraction of sp³-hybridized carbons (Fsp3) is 0.917. The Morgan fingerprint density at radius 3 is 2.65 bits per heavy atom. The highest BCUT2D eigenvalue weighted by molar-refractivity contribution is 5.76. The first-order valence-corrected chi connectivity index (χ1v) is 7.07. The minimum atomic E-state index is -3.56. The van der Waals surface area contributed by atoms with Crippen molar-refractivity contribution in [2.24, 2.45) is 5.11 Å². The number of nitrogens with one attached hydrogen (secondary N) is 1. The molecule has 0 aliphatic carbocycles. The van der Waals surface area contributed by atoms with Crippen molar-refractivity contribution in [3.8, 4) is 0 Å². The van der Waals surface area contributed by atoms with E-state index in [4.69, 9.17) is 15.4 Å². The van der Waals surface area contributed by atoms with Gasteiger partial charge in [0.05, 0.1) is 18.8 Å². The summed E-state index contributed by atoms with van der Waals surface area (Å²) in [6.07, 6.45) is -5.65. The maximum absolute atomic E-state index is 12.9. The summed E-state index contributed by atoms with van der Waals surface area (Å²) in [6, 6.07) is -4.49. The molecule has 0 aromatic rings. The van der Waals surface area contributed by atoms with Crippen LogP contribution in [0.25, 0.3) is 10.4 Å². The van der Waals surface area contributed by atoms with Gasteiger partial charge in [0.15, 0.2) is 0 Å². The molecule has 1 heterocycles. The predicted octanol–water partition coefficient (Wildman–Crippen LogP) is 0.0460. The lowest BCUT2D eigenvalue weighted by molar-refractivity contribution is -0.190. The van der Waals surface area contributed by atoms with Gasteiger partial charge in [0, 0.05) is 17.8 Å². The van der Waals surface area contributed by atoms with E-state index < -0.39 is 55.4 Å². The van der Waals surface area contributed by atoms with E-state index in [9.17, 15) is 23.8 Å². The van der Waals surface area contributed by atoms with Gasteiger partial charge in [0.25, 0.3) is 0 Å². The molecule has 1 fully saturated rings. The van der Waals surface area contributed by atoms with Gasteiger partial charge in [-0.3, -0.25) is 4.79 Å². The van der Waals surface area contributed by atoms with Gasteiger partial charge in [-0.1, -0.05) is 0 Å². The van der Waals surface area contributed by atoms with E-state index in [1.165, 1.54) is 0 Å². The molecule has 0 aromatic carbocycles. The quantitative estimate of drug-likeness (QED) is 0.224. The summed E-state index contributed by atoms with van der Waals surface area (Å²) in [7, 11) is 0. The maximum Gasteiger partial charge on any atom is 0.325 e. The number of rotatable bonds is 7. The highest BCUT2D eigenvalue weighted by atomic mass is 19.3. The molecular weight excluding hydrogens is 318 g/mol. The van der Waals surface area contributed by atoms with Crippen molar-refractivity contribution in [1.29, 1.82) is 0 Å². The Balaban J connectivity index is 2.49. The lowest BCUT2D eigenvalue weighted by Crippen LogP contribution is -2.63. The zero-order valence-corrected chi connectivity index (χ0v) is 12.5. The van der Waals surface area contributed by atoms with Crippen LogP contribution in [0.5, 0.6) is 0 Å². The largest absolute Gasteiger partial charge is 0.394 e. The number of carbonyl (C=O) groups excluding carboxylic acids is 1. The third kappa shape index (κ3) is 5.56. The minimum absolute atomic E-state index is 0.224. The maximum atomic E-state index is 12.9. The second-order valence-corrected chi connectivity index (χ2v) is 5.35. The number of halogens is 2. The predicted molar refractivity (Wildman–Crippen MR) is 73.3 cm³/mol. The lowest BCUT2D eigenvalue weighted by atomic mass is 9.93. The van der Waals surface area contributed by atoms with E-state index in [0.717, 1.165) is 0 Å². The molecule has 1 rings (SSSR count). The van der Waals surface area contributed by atoms with Crippen molar-refractivity contribution in [1.82, 2.24) is 5.32 Å².